The molecule has 0 saturated carbocycles. The average molecular weight is 563 g/mol. The van der Waals surface area contributed by atoms with E-state index in [0.717, 1.165) is 5.56 Å². The first-order chi connectivity index (χ1) is 19.3. The summed E-state index contributed by atoms with van der Waals surface area (Å²) < 4.78 is 25.0. The van der Waals surface area contributed by atoms with Gasteiger partial charge in [-0.3, -0.25) is 9.36 Å². The predicted octanol–water partition coefficient (Wildman–Crippen LogP) is 4.55. The minimum absolute atomic E-state index is 0.105. The molecule has 1 aromatic heterocycles. The van der Waals surface area contributed by atoms with Gasteiger partial charge in [0.1, 0.15) is 18.4 Å². The number of aromatic nitrogens is 1. The zero-order valence-electron chi connectivity index (χ0n) is 23.4. The molecule has 0 fully saturated rings. The molecule has 0 N–H and O–H groups in total. The van der Waals surface area contributed by atoms with Gasteiger partial charge in [-0.05, 0) is 64.5 Å². The van der Waals surface area contributed by atoms with Crippen LogP contribution < -0.4 is 29.1 Å². The molecule has 2 heterocycles. The standard InChI is InChI=1S/C31H34N2O6S/c1-7-16-38-24-15-14-21(17-25(24)36-8-2)18-26-29(34)33-28(22-12-10-11-13-23(22)39-19(4)5)27(30(35)37-9-3)20(6)32-31(33)40-26/h7,10-15,17-19,28H,1,8-9,16H2,2-6H3/b26-18+/t28-/m0/s1. The van der Waals surface area contributed by atoms with Crippen LogP contribution in [0.1, 0.15) is 51.8 Å². The van der Waals surface area contributed by atoms with Gasteiger partial charge in [-0.1, -0.05) is 48.3 Å². The molecule has 0 aliphatic carbocycles. The number of para-hydroxylation sites is 1. The Labute approximate surface area is 237 Å². The van der Waals surface area contributed by atoms with Crippen LogP contribution >= 0.6 is 11.3 Å². The molecular formula is C31H34N2O6S. The molecule has 1 aliphatic rings. The second kappa shape index (κ2) is 12.8. The predicted molar refractivity (Wildman–Crippen MR) is 156 cm³/mol. The number of esters is 1. The lowest BCUT2D eigenvalue weighted by Gasteiger charge is -2.26. The summed E-state index contributed by atoms with van der Waals surface area (Å²) in [6.45, 7) is 14.0. The lowest BCUT2D eigenvalue weighted by atomic mass is 9.95. The molecular weight excluding hydrogens is 528 g/mol. The summed E-state index contributed by atoms with van der Waals surface area (Å²) in [5.41, 5.74) is 1.98. The summed E-state index contributed by atoms with van der Waals surface area (Å²) in [6, 6.07) is 12.2. The molecule has 3 aromatic rings. The van der Waals surface area contributed by atoms with Crippen LogP contribution in [0.5, 0.6) is 17.2 Å². The molecule has 0 radical (unpaired) electrons. The Balaban J connectivity index is 1.91. The van der Waals surface area contributed by atoms with Gasteiger partial charge < -0.3 is 18.9 Å². The van der Waals surface area contributed by atoms with Gasteiger partial charge in [0.25, 0.3) is 5.56 Å². The van der Waals surface area contributed by atoms with Crippen LogP contribution in [0.25, 0.3) is 6.08 Å². The van der Waals surface area contributed by atoms with Crippen molar-refractivity contribution in [1.29, 1.82) is 0 Å². The minimum atomic E-state index is -0.763. The van der Waals surface area contributed by atoms with Gasteiger partial charge in [-0.25, -0.2) is 9.79 Å². The summed E-state index contributed by atoms with van der Waals surface area (Å²) in [4.78, 5) is 32.4. The van der Waals surface area contributed by atoms with E-state index in [2.05, 4.69) is 11.6 Å². The van der Waals surface area contributed by atoms with E-state index in [-0.39, 0.29) is 18.3 Å². The Morgan fingerprint density at radius 1 is 1.10 bits per heavy atom. The van der Waals surface area contributed by atoms with Crippen molar-refractivity contribution in [3.05, 3.63) is 97.2 Å². The summed E-state index contributed by atoms with van der Waals surface area (Å²) in [5, 5.41) is 0. The molecule has 210 valence electrons. The number of hydrogen-bond donors (Lipinski definition) is 0. The average Bonchev–Trinajstić information content (AvgIpc) is 3.22. The molecule has 40 heavy (non-hydrogen) atoms. The summed E-state index contributed by atoms with van der Waals surface area (Å²) in [6.07, 6.45) is 3.35. The molecule has 0 bridgehead atoms. The molecule has 9 heteroatoms. The number of nitrogens with zero attached hydrogens (tertiary/aromatic N) is 2. The van der Waals surface area contributed by atoms with Crippen LogP contribution in [0.2, 0.25) is 0 Å². The fourth-order valence-electron chi connectivity index (χ4n) is 4.46. The second-order valence-corrected chi connectivity index (χ2v) is 10.3. The Morgan fingerprint density at radius 3 is 2.58 bits per heavy atom. The van der Waals surface area contributed by atoms with Crippen LogP contribution in [0, 0.1) is 0 Å². The molecule has 0 unspecified atom stereocenters. The van der Waals surface area contributed by atoms with E-state index < -0.39 is 12.0 Å². The van der Waals surface area contributed by atoms with Gasteiger partial charge in [0.05, 0.1) is 35.1 Å². The zero-order valence-corrected chi connectivity index (χ0v) is 24.2. The lowest BCUT2D eigenvalue weighted by Crippen LogP contribution is -2.40. The number of ether oxygens (including phenoxy) is 4. The van der Waals surface area contributed by atoms with Gasteiger partial charge in [-0.15, -0.1) is 0 Å². The van der Waals surface area contributed by atoms with Crippen molar-refractivity contribution in [3.8, 4) is 17.2 Å². The SMILES string of the molecule is C=CCOc1ccc(/C=c2/sc3n(c2=O)[C@@H](c2ccccc2OC(C)C)C(C(=O)OCC)=C(C)N=3)cc1OCC. The quantitative estimate of drug-likeness (QED) is 0.252. The highest BCUT2D eigenvalue weighted by Crippen LogP contribution is 2.36. The lowest BCUT2D eigenvalue weighted by molar-refractivity contribution is -0.139. The first kappa shape index (κ1) is 28.9. The summed E-state index contributed by atoms with van der Waals surface area (Å²) in [7, 11) is 0. The molecule has 1 atom stereocenters. The highest BCUT2D eigenvalue weighted by Gasteiger charge is 2.35. The number of carbonyl (C=O) groups excluding carboxylic acids is 1. The van der Waals surface area contributed by atoms with Crippen molar-refractivity contribution < 1.29 is 23.7 Å². The maximum atomic E-state index is 14.0. The number of benzene rings is 2. The van der Waals surface area contributed by atoms with E-state index in [4.69, 9.17) is 18.9 Å². The fraction of sp³-hybridized carbons (Fsp3) is 0.323. The molecule has 0 spiro atoms. The van der Waals surface area contributed by atoms with E-state index >= 15 is 0 Å². The van der Waals surface area contributed by atoms with E-state index in [1.807, 2.05) is 63.2 Å². The third-order valence-electron chi connectivity index (χ3n) is 6.02. The zero-order chi connectivity index (χ0) is 28.8. The van der Waals surface area contributed by atoms with Gasteiger partial charge in [0, 0.05) is 5.56 Å². The molecule has 0 amide bonds. The van der Waals surface area contributed by atoms with Gasteiger partial charge in [-0.2, -0.15) is 0 Å². The Bertz CT molecular complexity index is 1620. The van der Waals surface area contributed by atoms with Gasteiger partial charge in [0.2, 0.25) is 0 Å². The Morgan fingerprint density at radius 2 is 1.88 bits per heavy atom. The van der Waals surface area contributed by atoms with Gasteiger partial charge in [0.15, 0.2) is 16.3 Å². The van der Waals surface area contributed by atoms with Crippen LogP contribution in [0.15, 0.2) is 76.2 Å². The third kappa shape index (κ3) is 6.04. The van der Waals surface area contributed by atoms with Crippen molar-refractivity contribution in [1.82, 2.24) is 4.57 Å². The normalized spacial score (nSPS) is 14.9. The van der Waals surface area contributed by atoms with Crippen LogP contribution in [-0.4, -0.2) is 36.5 Å². The van der Waals surface area contributed by atoms with Crippen LogP contribution in [0.3, 0.4) is 0 Å². The largest absolute Gasteiger partial charge is 0.491 e. The number of hydrogen-bond acceptors (Lipinski definition) is 8. The van der Waals surface area contributed by atoms with Crippen LogP contribution in [-0.2, 0) is 9.53 Å². The minimum Gasteiger partial charge on any atom is -0.491 e. The Hall–Kier alpha value is -4.11. The summed E-state index contributed by atoms with van der Waals surface area (Å²) in [5.74, 6) is 1.24. The highest BCUT2D eigenvalue weighted by molar-refractivity contribution is 7.07. The summed E-state index contributed by atoms with van der Waals surface area (Å²) >= 11 is 1.26. The van der Waals surface area contributed by atoms with E-state index in [1.54, 1.807) is 30.6 Å². The van der Waals surface area contributed by atoms with Crippen molar-refractivity contribution in [2.75, 3.05) is 19.8 Å². The molecule has 8 nitrogen and oxygen atoms in total. The van der Waals surface area contributed by atoms with Crippen LogP contribution in [0.4, 0.5) is 0 Å². The molecule has 4 rings (SSSR count). The van der Waals surface area contributed by atoms with Crippen molar-refractivity contribution >= 4 is 23.4 Å². The molecule has 2 aromatic carbocycles. The third-order valence-corrected chi connectivity index (χ3v) is 7.00. The maximum Gasteiger partial charge on any atom is 0.338 e. The highest BCUT2D eigenvalue weighted by atomic mass is 32.1. The number of fused-ring (bicyclic) bond motifs is 1. The van der Waals surface area contributed by atoms with Crippen molar-refractivity contribution in [2.45, 2.75) is 46.8 Å². The first-order valence-corrected chi connectivity index (χ1v) is 14.1. The van der Waals surface area contributed by atoms with E-state index in [0.29, 0.717) is 56.6 Å². The monoisotopic (exact) mass is 562 g/mol. The number of carbonyl (C=O) groups is 1. The number of allylic oxidation sites excluding steroid dienone is 1. The molecule has 1 aliphatic heterocycles. The smallest absolute Gasteiger partial charge is 0.338 e. The van der Waals surface area contributed by atoms with Gasteiger partial charge >= 0.3 is 5.97 Å². The maximum absolute atomic E-state index is 14.0. The van der Waals surface area contributed by atoms with Crippen molar-refractivity contribution in [2.24, 2.45) is 4.99 Å². The Kier molecular flexibility index (Phi) is 9.26. The van der Waals surface area contributed by atoms with E-state index in [9.17, 15) is 9.59 Å². The van der Waals surface area contributed by atoms with E-state index in [1.165, 1.54) is 11.3 Å². The fourth-order valence-corrected chi connectivity index (χ4v) is 5.50. The second-order valence-electron chi connectivity index (χ2n) is 9.25. The number of rotatable bonds is 11. The topological polar surface area (TPSA) is 88.4 Å². The first-order valence-electron chi connectivity index (χ1n) is 13.2. The van der Waals surface area contributed by atoms with Crippen molar-refractivity contribution in [3.63, 3.8) is 0 Å². The molecule has 0 saturated heterocycles. The number of thiazole rings is 1.